The standard InChI is InChI=1S/C13H14N4O4/c14-7-3-13(4-7)6-17(12(19)21-13)9-2-1-8-11(15-9)16-10(18)5-20-8/h1-2,7H,3-6,14H2,(H,15,16,18)/t7-,13-. The van der Waals surface area contributed by atoms with Crippen molar-refractivity contribution in [3.8, 4) is 5.75 Å². The van der Waals surface area contributed by atoms with Crippen molar-refractivity contribution in [3.63, 3.8) is 0 Å². The summed E-state index contributed by atoms with van der Waals surface area (Å²) in [6.45, 7) is 0.404. The van der Waals surface area contributed by atoms with Crippen molar-refractivity contribution in [2.75, 3.05) is 23.4 Å². The van der Waals surface area contributed by atoms with Gasteiger partial charge in [0.05, 0.1) is 6.54 Å². The molecule has 0 bridgehead atoms. The highest BCUT2D eigenvalue weighted by Crippen LogP contribution is 2.41. The number of fused-ring (bicyclic) bond motifs is 1. The molecule has 1 aliphatic carbocycles. The number of carbonyl (C=O) groups is 2. The number of ether oxygens (including phenoxy) is 2. The van der Waals surface area contributed by atoms with Crippen LogP contribution in [0.1, 0.15) is 12.8 Å². The van der Waals surface area contributed by atoms with Gasteiger partial charge < -0.3 is 20.5 Å². The van der Waals surface area contributed by atoms with E-state index in [-0.39, 0.29) is 18.6 Å². The molecule has 0 radical (unpaired) electrons. The third-order valence-electron chi connectivity index (χ3n) is 3.98. The number of hydrogen-bond acceptors (Lipinski definition) is 6. The van der Waals surface area contributed by atoms with E-state index in [0.717, 1.165) is 0 Å². The summed E-state index contributed by atoms with van der Waals surface area (Å²) in [5.74, 6) is 0.980. The van der Waals surface area contributed by atoms with Gasteiger partial charge in [0.2, 0.25) is 0 Å². The van der Waals surface area contributed by atoms with Gasteiger partial charge in [-0.1, -0.05) is 0 Å². The zero-order valence-electron chi connectivity index (χ0n) is 11.2. The molecule has 8 nitrogen and oxygen atoms in total. The minimum absolute atomic E-state index is 0.0270. The molecule has 1 spiro atoms. The zero-order chi connectivity index (χ0) is 14.6. The lowest BCUT2D eigenvalue weighted by atomic mass is 9.76. The van der Waals surface area contributed by atoms with Crippen LogP contribution in [-0.2, 0) is 9.53 Å². The molecule has 2 amide bonds. The number of anilines is 2. The first kappa shape index (κ1) is 12.4. The lowest BCUT2D eigenvalue weighted by Gasteiger charge is -2.40. The van der Waals surface area contributed by atoms with Crippen LogP contribution in [0.5, 0.6) is 5.75 Å². The summed E-state index contributed by atoms with van der Waals surface area (Å²) in [4.78, 5) is 29.1. The largest absolute Gasteiger partial charge is 0.480 e. The number of carbonyl (C=O) groups excluding carboxylic acids is 2. The normalized spacial score (nSPS) is 30.3. The summed E-state index contributed by atoms with van der Waals surface area (Å²) in [5, 5.41) is 2.62. The van der Waals surface area contributed by atoms with Crippen molar-refractivity contribution in [2.45, 2.75) is 24.5 Å². The lowest BCUT2D eigenvalue weighted by Crippen LogP contribution is -2.54. The first-order chi connectivity index (χ1) is 10.0. The zero-order valence-corrected chi connectivity index (χ0v) is 11.2. The Morgan fingerprint density at radius 3 is 2.95 bits per heavy atom. The van der Waals surface area contributed by atoms with E-state index in [9.17, 15) is 9.59 Å². The Balaban J connectivity index is 1.61. The van der Waals surface area contributed by atoms with Crippen LogP contribution in [0.4, 0.5) is 16.4 Å². The van der Waals surface area contributed by atoms with E-state index in [4.69, 9.17) is 15.2 Å². The Morgan fingerprint density at radius 2 is 2.19 bits per heavy atom. The number of nitrogens with zero attached hydrogens (tertiary/aromatic N) is 2. The van der Waals surface area contributed by atoms with E-state index in [0.29, 0.717) is 36.8 Å². The maximum atomic E-state index is 12.0. The van der Waals surface area contributed by atoms with E-state index in [1.54, 1.807) is 12.1 Å². The molecule has 2 aliphatic heterocycles. The third-order valence-corrected chi connectivity index (χ3v) is 3.98. The highest BCUT2D eigenvalue weighted by molar-refractivity contribution is 5.95. The van der Waals surface area contributed by atoms with Crippen LogP contribution in [0.15, 0.2) is 12.1 Å². The fourth-order valence-electron chi connectivity index (χ4n) is 3.01. The van der Waals surface area contributed by atoms with Crippen molar-refractivity contribution < 1.29 is 19.1 Å². The van der Waals surface area contributed by atoms with Crippen molar-refractivity contribution in [3.05, 3.63) is 12.1 Å². The predicted octanol–water partition coefficient (Wildman–Crippen LogP) is 0.229. The molecule has 4 rings (SSSR count). The number of rotatable bonds is 1. The molecule has 1 saturated heterocycles. The van der Waals surface area contributed by atoms with Crippen LogP contribution in [0.25, 0.3) is 0 Å². The van der Waals surface area contributed by atoms with E-state index in [1.807, 2.05) is 0 Å². The second-order valence-corrected chi connectivity index (χ2v) is 5.66. The van der Waals surface area contributed by atoms with E-state index in [2.05, 4.69) is 10.3 Å². The van der Waals surface area contributed by atoms with Gasteiger partial charge in [-0.05, 0) is 12.1 Å². The molecule has 1 aromatic rings. The summed E-state index contributed by atoms with van der Waals surface area (Å²) >= 11 is 0. The van der Waals surface area contributed by atoms with Crippen LogP contribution >= 0.6 is 0 Å². The van der Waals surface area contributed by atoms with Crippen LogP contribution in [-0.4, -0.2) is 41.8 Å². The quantitative estimate of drug-likeness (QED) is 0.766. The van der Waals surface area contributed by atoms with Gasteiger partial charge in [0.25, 0.3) is 5.91 Å². The van der Waals surface area contributed by atoms with E-state index < -0.39 is 11.7 Å². The van der Waals surface area contributed by atoms with E-state index in [1.165, 1.54) is 4.90 Å². The van der Waals surface area contributed by atoms with Crippen molar-refractivity contribution in [1.82, 2.24) is 4.98 Å². The average Bonchev–Trinajstić information content (AvgIpc) is 2.75. The SMILES string of the molecule is N[C@H]1C[C@@]2(CN(c3ccc4c(n3)NC(=O)CO4)C(=O)O2)C1. The number of nitrogens with two attached hydrogens (primary N) is 1. The molecule has 8 heteroatoms. The van der Waals surface area contributed by atoms with Crippen LogP contribution in [0.2, 0.25) is 0 Å². The highest BCUT2D eigenvalue weighted by Gasteiger charge is 2.53. The monoisotopic (exact) mass is 290 g/mol. The Kier molecular flexibility index (Phi) is 2.41. The van der Waals surface area contributed by atoms with Crippen molar-refractivity contribution in [1.29, 1.82) is 0 Å². The van der Waals surface area contributed by atoms with Gasteiger partial charge in [0.15, 0.2) is 18.2 Å². The van der Waals surface area contributed by atoms with Gasteiger partial charge in [0.1, 0.15) is 11.4 Å². The Hall–Kier alpha value is -2.35. The fraction of sp³-hybridized carbons (Fsp3) is 0.462. The molecule has 1 saturated carbocycles. The minimum atomic E-state index is -0.478. The van der Waals surface area contributed by atoms with Crippen LogP contribution in [0, 0.1) is 0 Å². The molecule has 3 aliphatic rings. The van der Waals surface area contributed by atoms with Gasteiger partial charge in [-0.2, -0.15) is 0 Å². The second-order valence-electron chi connectivity index (χ2n) is 5.66. The Labute approximate surface area is 120 Å². The molecule has 3 N–H and O–H groups in total. The number of aromatic nitrogens is 1. The summed E-state index contributed by atoms with van der Waals surface area (Å²) in [6, 6.07) is 3.44. The summed E-state index contributed by atoms with van der Waals surface area (Å²) in [6.07, 6.45) is 0.900. The number of amides is 2. The van der Waals surface area contributed by atoms with Gasteiger partial charge >= 0.3 is 6.09 Å². The Bertz CT molecular complexity index is 641. The van der Waals surface area contributed by atoms with Crippen LogP contribution < -0.4 is 20.7 Å². The first-order valence-electron chi connectivity index (χ1n) is 6.74. The minimum Gasteiger partial charge on any atom is -0.480 e. The van der Waals surface area contributed by atoms with Crippen molar-refractivity contribution in [2.24, 2.45) is 5.73 Å². The molecule has 3 heterocycles. The lowest BCUT2D eigenvalue weighted by molar-refractivity contribution is -0.118. The van der Waals surface area contributed by atoms with Gasteiger partial charge in [-0.25, -0.2) is 9.78 Å². The van der Waals surface area contributed by atoms with Gasteiger partial charge in [-0.3, -0.25) is 9.69 Å². The third kappa shape index (κ3) is 1.90. The molecule has 110 valence electrons. The van der Waals surface area contributed by atoms with E-state index >= 15 is 0 Å². The summed E-state index contributed by atoms with van der Waals surface area (Å²) < 4.78 is 10.7. The van der Waals surface area contributed by atoms with Gasteiger partial charge in [-0.15, -0.1) is 0 Å². The Morgan fingerprint density at radius 1 is 1.38 bits per heavy atom. The smallest absolute Gasteiger partial charge is 0.416 e. The maximum Gasteiger partial charge on any atom is 0.416 e. The average molecular weight is 290 g/mol. The first-order valence-corrected chi connectivity index (χ1v) is 6.74. The van der Waals surface area contributed by atoms with Gasteiger partial charge in [0, 0.05) is 18.9 Å². The number of nitrogens with one attached hydrogen (secondary N) is 1. The number of pyridine rings is 1. The summed E-state index contributed by atoms with van der Waals surface area (Å²) in [5.41, 5.74) is 5.30. The molecule has 21 heavy (non-hydrogen) atoms. The van der Waals surface area contributed by atoms with Crippen LogP contribution in [0.3, 0.4) is 0 Å². The summed E-state index contributed by atoms with van der Waals surface area (Å²) in [7, 11) is 0. The highest BCUT2D eigenvalue weighted by atomic mass is 16.6. The predicted molar refractivity (Wildman–Crippen MR) is 72.1 cm³/mol. The molecule has 1 aromatic heterocycles. The fourth-order valence-corrected chi connectivity index (χ4v) is 3.01. The molecule has 0 aromatic carbocycles. The maximum absolute atomic E-state index is 12.0. The molecule has 0 atom stereocenters. The molecule has 0 unspecified atom stereocenters. The number of hydrogen-bond donors (Lipinski definition) is 2. The topological polar surface area (TPSA) is 107 Å². The van der Waals surface area contributed by atoms with Crippen molar-refractivity contribution >= 4 is 23.6 Å². The second kappa shape index (κ2) is 4.08. The molecular weight excluding hydrogens is 276 g/mol. The molecule has 2 fully saturated rings. The molecular formula is C13H14N4O4.